The Morgan fingerprint density at radius 3 is 2.46 bits per heavy atom. The maximum Gasteiger partial charge on any atom is 0.433 e. The quantitative estimate of drug-likeness (QED) is 0.426. The van der Waals surface area contributed by atoms with Crippen LogP contribution in [0.15, 0.2) is 41.4 Å². The van der Waals surface area contributed by atoms with Crippen LogP contribution in [0.25, 0.3) is 10.4 Å². The Balaban J connectivity index is 1.58. The minimum atomic E-state index is -4.62. The van der Waals surface area contributed by atoms with Crippen LogP contribution >= 0.6 is 11.3 Å². The predicted octanol–water partition coefficient (Wildman–Crippen LogP) is 5.77. The smallest absolute Gasteiger partial charge is 0.302 e. The van der Waals surface area contributed by atoms with E-state index < -0.39 is 21.9 Å². The van der Waals surface area contributed by atoms with Gasteiger partial charge in [-0.3, -0.25) is 9.52 Å². The fourth-order valence-corrected chi connectivity index (χ4v) is 6.26. The first kappa shape index (κ1) is 25.1. The Labute approximate surface area is 204 Å². The normalized spacial score (nSPS) is 14.8. The number of pyridine rings is 1. The molecule has 3 aromatic rings. The molecule has 35 heavy (non-hydrogen) atoms. The Kier molecular flexibility index (Phi) is 6.87. The van der Waals surface area contributed by atoms with E-state index in [0.717, 1.165) is 37.9 Å². The number of aryl methyl sites for hydroxylation is 2. The average molecular weight is 525 g/mol. The van der Waals surface area contributed by atoms with Gasteiger partial charge in [-0.25, -0.2) is 18.4 Å². The van der Waals surface area contributed by atoms with E-state index in [2.05, 4.69) is 20.0 Å². The summed E-state index contributed by atoms with van der Waals surface area (Å²) < 4.78 is 66.6. The van der Waals surface area contributed by atoms with Crippen molar-refractivity contribution in [3.63, 3.8) is 0 Å². The summed E-state index contributed by atoms with van der Waals surface area (Å²) >= 11 is 1.26. The third-order valence-corrected chi connectivity index (χ3v) is 8.44. The van der Waals surface area contributed by atoms with Crippen LogP contribution in [0.2, 0.25) is 0 Å². The molecule has 7 nitrogen and oxygen atoms in total. The van der Waals surface area contributed by atoms with Crippen LogP contribution in [0, 0.1) is 19.8 Å². The zero-order chi connectivity index (χ0) is 25.4. The number of alkyl halides is 3. The first-order valence-corrected chi connectivity index (χ1v) is 13.2. The van der Waals surface area contributed by atoms with Gasteiger partial charge < -0.3 is 5.32 Å². The number of sulfonamides is 1. The minimum absolute atomic E-state index is 0.00969. The summed E-state index contributed by atoms with van der Waals surface area (Å²) in [6, 6.07) is 6.61. The number of amides is 1. The molecular formula is C23H23F3N4O3S2. The summed E-state index contributed by atoms with van der Waals surface area (Å²) in [4.78, 5) is 20.8. The molecule has 4 rings (SSSR count). The number of nitrogens with one attached hydrogen (secondary N) is 2. The molecule has 0 atom stereocenters. The summed E-state index contributed by atoms with van der Waals surface area (Å²) in [5, 5.41) is 3.32. The van der Waals surface area contributed by atoms with Gasteiger partial charge >= 0.3 is 6.18 Å². The Morgan fingerprint density at radius 1 is 1.11 bits per heavy atom. The van der Waals surface area contributed by atoms with Gasteiger partial charge in [-0.05, 0) is 56.0 Å². The number of carbonyl (C=O) groups is 1. The highest BCUT2D eigenvalue weighted by atomic mass is 32.2. The second-order valence-corrected chi connectivity index (χ2v) is 11.1. The zero-order valence-corrected chi connectivity index (χ0v) is 20.6. The molecule has 1 aromatic carbocycles. The summed E-state index contributed by atoms with van der Waals surface area (Å²) in [6.45, 7) is 3.40. The summed E-state index contributed by atoms with van der Waals surface area (Å²) in [7, 11) is -4.12. The second kappa shape index (κ2) is 9.57. The van der Waals surface area contributed by atoms with Gasteiger partial charge in [0.15, 0.2) is 5.13 Å². The zero-order valence-electron chi connectivity index (χ0n) is 18.9. The van der Waals surface area contributed by atoms with E-state index in [4.69, 9.17) is 0 Å². The van der Waals surface area contributed by atoms with Crippen molar-refractivity contribution in [2.45, 2.75) is 50.6 Å². The predicted molar refractivity (Wildman–Crippen MR) is 128 cm³/mol. The molecule has 186 valence electrons. The molecular weight excluding hydrogens is 501 g/mol. The Morgan fingerprint density at radius 2 is 1.83 bits per heavy atom. The fraction of sp³-hybridized carbons (Fsp3) is 0.348. The van der Waals surface area contributed by atoms with E-state index in [0.29, 0.717) is 32.9 Å². The largest absolute Gasteiger partial charge is 0.433 e. The van der Waals surface area contributed by atoms with Gasteiger partial charge in [0, 0.05) is 5.92 Å². The molecule has 1 fully saturated rings. The van der Waals surface area contributed by atoms with Crippen molar-refractivity contribution in [2.24, 2.45) is 5.92 Å². The van der Waals surface area contributed by atoms with E-state index in [-0.39, 0.29) is 22.4 Å². The van der Waals surface area contributed by atoms with Gasteiger partial charge in [-0.15, -0.1) is 0 Å². The van der Waals surface area contributed by atoms with Crippen molar-refractivity contribution < 1.29 is 26.4 Å². The van der Waals surface area contributed by atoms with E-state index in [1.54, 1.807) is 26.0 Å². The molecule has 0 saturated heterocycles. The number of carbonyl (C=O) groups excluding carboxylic acids is 1. The monoisotopic (exact) mass is 524 g/mol. The van der Waals surface area contributed by atoms with E-state index in [1.807, 2.05) is 0 Å². The summed E-state index contributed by atoms with van der Waals surface area (Å²) in [5.41, 5.74) is 0.489. The number of hydrogen-bond donors (Lipinski definition) is 2. The van der Waals surface area contributed by atoms with Crippen LogP contribution in [0.4, 0.5) is 24.0 Å². The number of halogens is 3. The van der Waals surface area contributed by atoms with Crippen molar-refractivity contribution in [3.8, 4) is 10.4 Å². The molecule has 0 unspecified atom stereocenters. The SMILES string of the molecule is Cc1ccc(-c2sc(NC(=O)C3CCCC3)nc2C)cc1S(=O)(=O)Nc1ccc(C(F)(F)F)nc1. The molecule has 2 N–H and O–H groups in total. The number of rotatable bonds is 6. The van der Waals surface area contributed by atoms with Crippen LogP contribution in [0.1, 0.15) is 42.6 Å². The third-order valence-electron chi connectivity index (χ3n) is 5.80. The molecule has 1 saturated carbocycles. The highest BCUT2D eigenvalue weighted by molar-refractivity contribution is 7.92. The van der Waals surface area contributed by atoms with Gasteiger partial charge in [0.05, 0.1) is 27.4 Å². The molecule has 0 aliphatic heterocycles. The van der Waals surface area contributed by atoms with Gasteiger partial charge in [-0.2, -0.15) is 13.2 Å². The Bertz CT molecular complexity index is 1350. The molecule has 12 heteroatoms. The number of thiazole rings is 1. The second-order valence-electron chi connectivity index (χ2n) is 8.42. The van der Waals surface area contributed by atoms with Crippen molar-refractivity contribution in [3.05, 3.63) is 53.5 Å². The van der Waals surface area contributed by atoms with E-state index in [1.165, 1.54) is 17.4 Å². The van der Waals surface area contributed by atoms with Crippen LogP contribution in [-0.4, -0.2) is 24.3 Å². The standard InChI is InChI=1S/C23H23F3N4O3S2/c1-13-7-8-16(20-14(2)28-22(34-20)29-21(31)15-5-3-4-6-15)11-18(13)35(32,33)30-17-9-10-19(27-12-17)23(24,25)26/h7-12,15,30H,3-6H2,1-2H3,(H,28,29,31). The summed E-state index contributed by atoms with van der Waals surface area (Å²) in [6.07, 6.45) is 0.0127. The molecule has 1 aliphatic carbocycles. The lowest BCUT2D eigenvalue weighted by molar-refractivity contribution is -0.141. The maximum absolute atomic E-state index is 13.0. The third kappa shape index (κ3) is 5.64. The molecule has 0 spiro atoms. The highest BCUT2D eigenvalue weighted by Crippen LogP contribution is 2.36. The minimum Gasteiger partial charge on any atom is -0.302 e. The highest BCUT2D eigenvalue weighted by Gasteiger charge is 2.32. The lowest BCUT2D eigenvalue weighted by Crippen LogP contribution is -2.20. The van der Waals surface area contributed by atoms with Crippen LogP contribution in [-0.2, 0) is 21.0 Å². The Hall–Kier alpha value is -2.99. The number of nitrogens with zero attached hydrogens (tertiary/aromatic N) is 2. The maximum atomic E-state index is 13.0. The molecule has 1 amide bonds. The van der Waals surface area contributed by atoms with E-state index in [9.17, 15) is 26.4 Å². The van der Waals surface area contributed by atoms with Crippen molar-refractivity contribution in [1.82, 2.24) is 9.97 Å². The number of anilines is 2. The topological polar surface area (TPSA) is 101 Å². The number of hydrogen-bond acceptors (Lipinski definition) is 6. The fourth-order valence-electron chi connectivity index (χ4n) is 3.98. The number of benzene rings is 1. The average Bonchev–Trinajstić information content (AvgIpc) is 3.43. The van der Waals surface area contributed by atoms with Crippen LogP contribution in [0.3, 0.4) is 0 Å². The first-order valence-electron chi connectivity index (χ1n) is 10.9. The number of aromatic nitrogens is 2. The summed E-state index contributed by atoms with van der Waals surface area (Å²) in [5.74, 6) is -0.0612. The van der Waals surface area contributed by atoms with Gasteiger partial charge in [0.1, 0.15) is 5.69 Å². The van der Waals surface area contributed by atoms with Crippen molar-refractivity contribution >= 4 is 38.1 Å². The molecule has 2 heterocycles. The van der Waals surface area contributed by atoms with Gasteiger partial charge in [-0.1, -0.05) is 36.3 Å². The van der Waals surface area contributed by atoms with Crippen molar-refractivity contribution in [1.29, 1.82) is 0 Å². The lowest BCUT2D eigenvalue weighted by atomic mass is 10.1. The molecule has 0 bridgehead atoms. The van der Waals surface area contributed by atoms with Crippen LogP contribution < -0.4 is 10.0 Å². The molecule has 1 aliphatic rings. The lowest BCUT2D eigenvalue weighted by Gasteiger charge is -2.12. The molecule has 2 aromatic heterocycles. The van der Waals surface area contributed by atoms with E-state index >= 15 is 0 Å². The first-order chi connectivity index (χ1) is 16.4. The van der Waals surface area contributed by atoms with Crippen molar-refractivity contribution in [2.75, 3.05) is 10.0 Å². The van der Waals surface area contributed by atoms with Gasteiger partial charge in [0.2, 0.25) is 5.91 Å². The van der Waals surface area contributed by atoms with Crippen LogP contribution in [0.5, 0.6) is 0 Å². The molecule has 0 radical (unpaired) electrons. The van der Waals surface area contributed by atoms with Gasteiger partial charge in [0.25, 0.3) is 10.0 Å².